The Bertz CT molecular complexity index is 802. The van der Waals surface area contributed by atoms with Crippen molar-refractivity contribution in [2.24, 2.45) is 5.92 Å². The van der Waals surface area contributed by atoms with Gasteiger partial charge in [0.1, 0.15) is 23.3 Å². The van der Waals surface area contributed by atoms with Crippen molar-refractivity contribution in [1.82, 2.24) is 19.9 Å². The van der Waals surface area contributed by atoms with Crippen molar-refractivity contribution < 1.29 is 9.53 Å². The molecule has 0 aromatic carbocycles. The number of amides is 1. The molecule has 8 nitrogen and oxygen atoms in total. The molecular formula is C20H26N6O2. The standard InChI is InChI=1S/C20H26N6O2/c1-15-22-18(24-17-4-2-3-7-21-17)14-19(23-15)25-8-10-26(11-9-25)20(27)16-5-12-28-13-6-16/h2-4,7,14,16H,5-6,8-13H2,1H3,(H,21,22,23,24). The van der Waals surface area contributed by atoms with Gasteiger partial charge >= 0.3 is 0 Å². The lowest BCUT2D eigenvalue weighted by molar-refractivity contribution is -0.138. The summed E-state index contributed by atoms with van der Waals surface area (Å²) in [6.45, 7) is 6.27. The van der Waals surface area contributed by atoms with Crippen molar-refractivity contribution in [2.75, 3.05) is 49.6 Å². The van der Waals surface area contributed by atoms with Gasteiger partial charge in [-0.05, 0) is 31.9 Å². The quantitative estimate of drug-likeness (QED) is 0.866. The molecule has 2 saturated heterocycles. The van der Waals surface area contributed by atoms with Gasteiger partial charge < -0.3 is 19.9 Å². The summed E-state index contributed by atoms with van der Waals surface area (Å²) >= 11 is 0. The number of hydrogen-bond acceptors (Lipinski definition) is 7. The Morgan fingerprint density at radius 2 is 1.89 bits per heavy atom. The second-order valence-corrected chi connectivity index (χ2v) is 7.20. The number of nitrogens with one attached hydrogen (secondary N) is 1. The number of hydrogen-bond donors (Lipinski definition) is 1. The molecular weight excluding hydrogens is 356 g/mol. The van der Waals surface area contributed by atoms with E-state index in [0.29, 0.717) is 19.0 Å². The summed E-state index contributed by atoms with van der Waals surface area (Å²) in [5.41, 5.74) is 0. The fourth-order valence-corrected chi connectivity index (χ4v) is 3.70. The zero-order chi connectivity index (χ0) is 19.3. The molecule has 2 aliphatic rings. The lowest BCUT2D eigenvalue weighted by Gasteiger charge is -2.37. The van der Waals surface area contributed by atoms with E-state index < -0.39 is 0 Å². The van der Waals surface area contributed by atoms with Gasteiger partial charge in [-0.1, -0.05) is 6.07 Å². The molecule has 2 fully saturated rings. The first-order valence-corrected chi connectivity index (χ1v) is 9.84. The summed E-state index contributed by atoms with van der Waals surface area (Å²) in [5, 5.41) is 3.23. The lowest BCUT2D eigenvalue weighted by atomic mass is 9.98. The fraction of sp³-hybridized carbons (Fsp3) is 0.500. The molecule has 4 heterocycles. The minimum atomic E-state index is 0.121. The van der Waals surface area contributed by atoms with Gasteiger partial charge in [-0.3, -0.25) is 4.79 Å². The molecule has 2 aromatic heterocycles. The van der Waals surface area contributed by atoms with E-state index in [1.165, 1.54) is 0 Å². The Labute approximate surface area is 164 Å². The number of aromatic nitrogens is 3. The van der Waals surface area contributed by atoms with Crippen LogP contribution in [0.4, 0.5) is 17.5 Å². The predicted molar refractivity (Wildman–Crippen MR) is 107 cm³/mol. The summed E-state index contributed by atoms with van der Waals surface area (Å²) in [7, 11) is 0. The van der Waals surface area contributed by atoms with Crippen LogP contribution in [0.1, 0.15) is 18.7 Å². The van der Waals surface area contributed by atoms with Gasteiger partial charge in [-0.2, -0.15) is 0 Å². The van der Waals surface area contributed by atoms with Crippen LogP contribution >= 0.6 is 0 Å². The Hall–Kier alpha value is -2.74. The Morgan fingerprint density at radius 3 is 2.61 bits per heavy atom. The molecule has 8 heteroatoms. The van der Waals surface area contributed by atoms with Crippen LogP contribution in [0.15, 0.2) is 30.5 Å². The molecule has 0 spiro atoms. The number of piperazine rings is 1. The highest BCUT2D eigenvalue weighted by Gasteiger charge is 2.29. The SMILES string of the molecule is Cc1nc(Nc2ccccn2)cc(N2CCN(C(=O)C3CCOCC3)CC2)n1. The van der Waals surface area contributed by atoms with Crippen molar-refractivity contribution in [2.45, 2.75) is 19.8 Å². The second kappa shape index (κ2) is 8.52. The highest BCUT2D eigenvalue weighted by molar-refractivity contribution is 5.79. The zero-order valence-corrected chi connectivity index (χ0v) is 16.2. The molecule has 0 bridgehead atoms. The highest BCUT2D eigenvalue weighted by atomic mass is 16.5. The third-order valence-corrected chi connectivity index (χ3v) is 5.23. The molecule has 2 aromatic rings. The van der Waals surface area contributed by atoms with Crippen LogP contribution in [0.5, 0.6) is 0 Å². The van der Waals surface area contributed by atoms with Crippen LogP contribution < -0.4 is 10.2 Å². The van der Waals surface area contributed by atoms with E-state index in [0.717, 1.165) is 56.5 Å². The Morgan fingerprint density at radius 1 is 1.11 bits per heavy atom. The van der Waals surface area contributed by atoms with Crippen molar-refractivity contribution >= 4 is 23.4 Å². The first-order valence-electron chi connectivity index (χ1n) is 9.84. The largest absolute Gasteiger partial charge is 0.381 e. The molecule has 0 aliphatic carbocycles. The monoisotopic (exact) mass is 382 g/mol. The highest BCUT2D eigenvalue weighted by Crippen LogP contribution is 2.22. The van der Waals surface area contributed by atoms with Crippen LogP contribution in [0, 0.1) is 12.8 Å². The number of carbonyl (C=O) groups is 1. The van der Waals surface area contributed by atoms with E-state index in [1.807, 2.05) is 36.1 Å². The Kier molecular flexibility index (Phi) is 5.66. The van der Waals surface area contributed by atoms with Crippen LogP contribution in [-0.2, 0) is 9.53 Å². The third kappa shape index (κ3) is 4.39. The summed E-state index contributed by atoms with van der Waals surface area (Å²) in [6.07, 6.45) is 3.42. The topological polar surface area (TPSA) is 83.5 Å². The first kappa shape index (κ1) is 18.6. The summed E-state index contributed by atoms with van der Waals surface area (Å²) in [4.78, 5) is 30.3. The number of rotatable bonds is 4. The number of pyridine rings is 1. The summed E-state index contributed by atoms with van der Waals surface area (Å²) in [6, 6.07) is 7.65. The molecule has 0 unspecified atom stereocenters. The van der Waals surface area contributed by atoms with E-state index in [2.05, 4.69) is 25.2 Å². The number of nitrogens with zero attached hydrogens (tertiary/aromatic N) is 5. The molecule has 28 heavy (non-hydrogen) atoms. The molecule has 0 atom stereocenters. The second-order valence-electron chi connectivity index (χ2n) is 7.20. The van der Waals surface area contributed by atoms with Crippen LogP contribution in [0.2, 0.25) is 0 Å². The third-order valence-electron chi connectivity index (χ3n) is 5.23. The zero-order valence-electron chi connectivity index (χ0n) is 16.2. The van der Waals surface area contributed by atoms with Gasteiger partial charge in [-0.25, -0.2) is 15.0 Å². The van der Waals surface area contributed by atoms with Gasteiger partial charge in [0.05, 0.1) is 0 Å². The van der Waals surface area contributed by atoms with E-state index in [-0.39, 0.29) is 11.8 Å². The van der Waals surface area contributed by atoms with Gasteiger partial charge in [0, 0.05) is 57.6 Å². The number of anilines is 3. The average Bonchev–Trinajstić information content (AvgIpc) is 2.74. The number of aryl methyl sites for hydroxylation is 1. The molecule has 0 radical (unpaired) electrons. The van der Waals surface area contributed by atoms with Crippen molar-refractivity contribution in [1.29, 1.82) is 0 Å². The maximum absolute atomic E-state index is 12.7. The van der Waals surface area contributed by atoms with E-state index in [9.17, 15) is 4.79 Å². The number of carbonyl (C=O) groups excluding carboxylic acids is 1. The normalized spacial score (nSPS) is 18.2. The number of ether oxygens (including phenoxy) is 1. The molecule has 2 aliphatic heterocycles. The van der Waals surface area contributed by atoms with Crippen molar-refractivity contribution in [3.05, 3.63) is 36.3 Å². The van der Waals surface area contributed by atoms with Gasteiger partial charge in [0.15, 0.2) is 0 Å². The predicted octanol–water partition coefficient (Wildman–Crippen LogP) is 2.00. The maximum atomic E-state index is 12.7. The van der Waals surface area contributed by atoms with E-state index in [4.69, 9.17) is 4.74 Å². The average molecular weight is 382 g/mol. The maximum Gasteiger partial charge on any atom is 0.225 e. The summed E-state index contributed by atoms with van der Waals surface area (Å²) in [5.74, 6) is 3.45. The molecule has 0 saturated carbocycles. The van der Waals surface area contributed by atoms with Crippen LogP contribution in [-0.4, -0.2) is 65.2 Å². The van der Waals surface area contributed by atoms with Gasteiger partial charge in [0.2, 0.25) is 5.91 Å². The summed E-state index contributed by atoms with van der Waals surface area (Å²) < 4.78 is 5.37. The molecule has 148 valence electrons. The van der Waals surface area contributed by atoms with Gasteiger partial charge in [-0.15, -0.1) is 0 Å². The molecule has 1 N–H and O–H groups in total. The van der Waals surface area contributed by atoms with Crippen molar-refractivity contribution in [3.63, 3.8) is 0 Å². The van der Waals surface area contributed by atoms with E-state index >= 15 is 0 Å². The van der Waals surface area contributed by atoms with Crippen molar-refractivity contribution in [3.8, 4) is 0 Å². The van der Waals surface area contributed by atoms with E-state index in [1.54, 1.807) is 6.20 Å². The van der Waals surface area contributed by atoms with Gasteiger partial charge in [0.25, 0.3) is 0 Å². The Balaban J connectivity index is 1.39. The fourth-order valence-electron chi connectivity index (χ4n) is 3.70. The lowest BCUT2D eigenvalue weighted by Crippen LogP contribution is -2.51. The van der Waals surface area contributed by atoms with Crippen LogP contribution in [0.3, 0.4) is 0 Å². The van der Waals surface area contributed by atoms with Crippen LogP contribution in [0.25, 0.3) is 0 Å². The minimum absolute atomic E-state index is 0.121. The smallest absolute Gasteiger partial charge is 0.225 e. The first-order chi connectivity index (χ1) is 13.7. The molecule has 4 rings (SSSR count). The molecule has 1 amide bonds. The minimum Gasteiger partial charge on any atom is -0.381 e.